The van der Waals surface area contributed by atoms with Gasteiger partial charge in [-0.1, -0.05) is 19.8 Å². The number of rotatable bonds is 4. The number of carbonyl (C=O) groups excluding carboxylic acids is 1. The van der Waals surface area contributed by atoms with E-state index in [0.29, 0.717) is 0 Å². The zero-order valence-corrected chi connectivity index (χ0v) is 11.1. The minimum absolute atomic E-state index is 0.0257. The first-order chi connectivity index (χ1) is 8.15. The van der Waals surface area contributed by atoms with Crippen LogP contribution in [0.15, 0.2) is 0 Å². The molecule has 4 atom stereocenters. The van der Waals surface area contributed by atoms with Crippen molar-refractivity contribution in [3.63, 3.8) is 0 Å². The van der Waals surface area contributed by atoms with Crippen molar-refractivity contribution in [2.45, 2.75) is 70.8 Å². The van der Waals surface area contributed by atoms with Gasteiger partial charge >= 0.3 is 0 Å². The molecule has 0 spiro atoms. The van der Waals surface area contributed by atoms with E-state index in [1.54, 1.807) is 0 Å². The maximum atomic E-state index is 12.4. The van der Waals surface area contributed by atoms with Crippen LogP contribution < -0.4 is 5.32 Å². The van der Waals surface area contributed by atoms with Crippen LogP contribution in [0.25, 0.3) is 0 Å². The van der Waals surface area contributed by atoms with Crippen LogP contribution in [0, 0.1) is 0 Å². The zero-order valence-electron chi connectivity index (χ0n) is 11.1. The summed E-state index contributed by atoms with van der Waals surface area (Å²) in [5, 5.41) is 3.41. The second kappa shape index (κ2) is 5.36. The average Bonchev–Trinajstić information content (AvgIpc) is 2.81. The average molecular weight is 240 g/mol. The quantitative estimate of drug-likeness (QED) is 0.809. The van der Waals surface area contributed by atoms with E-state index in [4.69, 9.17) is 4.74 Å². The van der Waals surface area contributed by atoms with Gasteiger partial charge in [0, 0.05) is 6.61 Å². The van der Waals surface area contributed by atoms with E-state index in [1.807, 2.05) is 4.90 Å². The highest BCUT2D eigenvalue weighted by Gasteiger charge is 2.43. The van der Waals surface area contributed by atoms with Crippen molar-refractivity contribution in [2.24, 2.45) is 0 Å². The lowest BCUT2D eigenvalue weighted by molar-refractivity contribution is -0.133. The van der Waals surface area contributed by atoms with Crippen LogP contribution in [0.4, 0.5) is 0 Å². The molecule has 2 aliphatic rings. The van der Waals surface area contributed by atoms with E-state index < -0.39 is 0 Å². The number of hydrogen-bond acceptors (Lipinski definition) is 3. The first-order valence-corrected chi connectivity index (χ1v) is 6.85. The highest BCUT2D eigenvalue weighted by molar-refractivity contribution is 5.84. The molecule has 0 saturated carbocycles. The van der Waals surface area contributed by atoms with Crippen molar-refractivity contribution >= 4 is 5.91 Å². The van der Waals surface area contributed by atoms with Gasteiger partial charge in [-0.05, 0) is 26.7 Å². The van der Waals surface area contributed by atoms with Crippen molar-refractivity contribution in [3.8, 4) is 0 Å². The third kappa shape index (κ3) is 2.47. The van der Waals surface area contributed by atoms with Crippen LogP contribution >= 0.6 is 0 Å². The van der Waals surface area contributed by atoms with E-state index in [2.05, 4.69) is 26.1 Å². The van der Waals surface area contributed by atoms with Crippen molar-refractivity contribution < 1.29 is 9.53 Å². The van der Waals surface area contributed by atoms with E-state index in [-0.39, 0.29) is 30.3 Å². The number of amides is 1. The molecule has 4 heteroatoms. The van der Waals surface area contributed by atoms with Crippen LogP contribution in [-0.2, 0) is 9.53 Å². The summed E-state index contributed by atoms with van der Waals surface area (Å²) in [6, 6.07) is 0.286. The zero-order chi connectivity index (χ0) is 12.4. The Hall–Kier alpha value is -0.610. The molecule has 2 fully saturated rings. The third-order valence-electron chi connectivity index (χ3n) is 3.95. The summed E-state index contributed by atoms with van der Waals surface area (Å²) in [4.78, 5) is 14.4. The number of ether oxygens (including phenoxy) is 1. The number of nitrogens with one attached hydrogen (secondary N) is 1. The second-order valence-corrected chi connectivity index (χ2v) is 5.21. The Morgan fingerprint density at radius 2 is 2.24 bits per heavy atom. The predicted octanol–water partition coefficient (Wildman–Crippen LogP) is 1.50. The van der Waals surface area contributed by atoms with Gasteiger partial charge < -0.3 is 9.64 Å². The van der Waals surface area contributed by atoms with Crippen molar-refractivity contribution in [1.82, 2.24) is 10.2 Å². The largest absolute Gasteiger partial charge is 0.376 e. The molecule has 4 nitrogen and oxygen atoms in total. The molecule has 2 aliphatic heterocycles. The molecule has 0 aromatic carbocycles. The fraction of sp³-hybridized carbons (Fsp3) is 0.923. The lowest BCUT2D eigenvalue weighted by Crippen LogP contribution is -2.46. The normalized spacial score (nSPS) is 38.1. The van der Waals surface area contributed by atoms with Gasteiger partial charge in [0.1, 0.15) is 0 Å². The first kappa shape index (κ1) is 12.8. The molecule has 1 N–H and O–H groups in total. The summed E-state index contributed by atoms with van der Waals surface area (Å²) in [6.45, 7) is 7.08. The Balaban J connectivity index is 2.00. The Kier molecular flexibility index (Phi) is 4.05. The van der Waals surface area contributed by atoms with Gasteiger partial charge in [0.2, 0.25) is 5.91 Å². The van der Waals surface area contributed by atoms with Gasteiger partial charge in [0.15, 0.2) is 0 Å². The fourth-order valence-corrected chi connectivity index (χ4v) is 2.96. The summed E-state index contributed by atoms with van der Waals surface area (Å²) >= 11 is 0. The summed E-state index contributed by atoms with van der Waals surface area (Å²) in [5.74, 6) is 0.272. The lowest BCUT2D eigenvalue weighted by atomic mass is 10.1. The first-order valence-electron chi connectivity index (χ1n) is 6.85. The number of nitrogens with zero attached hydrogens (tertiary/aromatic N) is 1. The van der Waals surface area contributed by atoms with Gasteiger partial charge in [-0.2, -0.15) is 0 Å². The Morgan fingerprint density at radius 3 is 2.82 bits per heavy atom. The SMILES string of the molecule is CCCCC1NC(C)N(C2CCOC2C)C1=O. The third-order valence-corrected chi connectivity index (χ3v) is 3.95. The molecule has 0 aromatic heterocycles. The molecule has 2 rings (SSSR count). The highest BCUT2D eigenvalue weighted by atomic mass is 16.5. The Morgan fingerprint density at radius 1 is 1.47 bits per heavy atom. The molecule has 0 bridgehead atoms. The molecular weight excluding hydrogens is 216 g/mol. The fourth-order valence-electron chi connectivity index (χ4n) is 2.96. The smallest absolute Gasteiger partial charge is 0.241 e. The number of carbonyl (C=O) groups is 1. The van der Waals surface area contributed by atoms with E-state index in [0.717, 1.165) is 32.3 Å². The van der Waals surface area contributed by atoms with E-state index >= 15 is 0 Å². The van der Waals surface area contributed by atoms with Crippen molar-refractivity contribution in [1.29, 1.82) is 0 Å². The summed E-state index contributed by atoms with van der Waals surface area (Å²) < 4.78 is 5.57. The molecule has 0 aliphatic carbocycles. The number of hydrogen-bond donors (Lipinski definition) is 1. The monoisotopic (exact) mass is 240 g/mol. The van der Waals surface area contributed by atoms with E-state index in [1.165, 1.54) is 0 Å². The van der Waals surface area contributed by atoms with Crippen LogP contribution in [0.3, 0.4) is 0 Å². The Bertz CT molecular complexity index is 283. The van der Waals surface area contributed by atoms with Gasteiger partial charge in [-0.3, -0.25) is 10.1 Å². The minimum Gasteiger partial charge on any atom is -0.376 e. The van der Waals surface area contributed by atoms with Crippen molar-refractivity contribution in [3.05, 3.63) is 0 Å². The molecule has 1 amide bonds. The molecule has 0 radical (unpaired) electrons. The summed E-state index contributed by atoms with van der Waals surface area (Å²) in [5.41, 5.74) is 0. The van der Waals surface area contributed by atoms with Gasteiger partial charge in [0.25, 0.3) is 0 Å². The van der Waals surface area contributed by atoms with Crippen LogP contribution in [0.1, 0.15) is 46.5 Å². The topological polar surface area (TPSA) is 41.6 Å². The second-order valence-electron chi connectivity index (χ2n) is 5.21. The standard InChI is InChI=1S/C13H24N2O2/c1-4-5-6-11-13(16)15(10(3)14-11)12-7-8-17-9(12)2/h9-12,14H,4-8H2,1-3H3. The molecule has 4 unspecified atom stereocenters. The van der Waals surface area contributed by atoms with Crippen molar-refractivity contribution in [2.75, 3.05) is 6.61 Å². The van der Waals surface area contributed by atoms with Crippen LogP contribution in [0.2, 0.25) is 0 Å². The molecule has 17 heavy (non-hydrogen) atoms. The molecule has 2 saturated heterocycles. The maximum Gasteiger partial charge on any atom is 0.241 e. The summed E-state index contributed by atoms with van der Waals surface area (Å²) in [6.07, 6.45) is 4.51. The van der Waals surface area contributed by atoms with Crippen LogP contribution in [-0.4, -0.2) is 41.8 Å². The van der Waals surface area contributed by atoms with Gasteiger partial charge in [0.05, 0.1) is 24.4 Å². The Labute approximate surface area is 104 Å². The van der Waals surface area contributed by atoms with Gasteiger partial charge in [-0.15, -0.1) is 0 Å². The molecule has 2 heterocycles. The number of unbranched alkanes of at least 4 members (excludes halogenated alkanes) is 1. The molecule has 98 valence electrons. The van der Waals surface area contributed by atoms with E-state index in [9.17, 15) is 4.79 Å². The predicted molar refractivity (Wildman–Crippen MR) is 66.6 cm³/mol. The lowest BCUT2D eigenvalue weighted by Gasteiger charge is -2.29. The van der Waals surface area contributed by atoms with Crippen LogP contribution in [0.5, 0.6) is 0 Å². The molecular formula is C13H24N2O2. The maximum absolute atomic E-state index is 12.4. The minimum atomic E-state index is 0.0257. The summed E-state index contributed by atoms with van der Waals surface area (Å²) in [7, 11) is 0. The van der Waals surface area contributed by atoms with Gasteiger partial charge in [-0.25, -0.2) is 0 Å². The highest BCUT2D eigenvalue weighted by Crippen LogP contribution is 2.26. The molecule has 0 aromatic rings.